The van der Waals surface area contributed by atoms with Crippen LogP contribution >= 0.6 is 0 Å². The van der Waals surface area contributed by atoms with Crippen LogP contribution in [-0.2, 0) is 78.1 Å². The molecule has 4 aromatic heterocycles. The first-order chi connectivity index (χ1) is 57.6. The van der Waals surface area contributed by atoms with Crippen molar-refractivity contribution in [3.05, 3.63) is 297 Å². The van der Waals surface area contributed by atoms with Crippen molar-refractivity contribution >= 4 is 85.9 Å². The fourth-order valence-electron chi connectivity index (χ4n) is 14.9. The Kier molecular flexibility index (Phi) is 23.2. The minimum absolute atomic E-state index is 0.0115. The summed E-state index contributed by atoms with van der Waals surface area (Å²) in [4.78, 5) is 58.7. The van der Waals surface area contributed by atoms with Crippen molar-refractivity contribution in [2.24, 2.45) is 20.7 Å². The third kappa shape index (κ3) is 16.6. The summed E-state index contributed by atoms with van der Waals surface area (Å²) >= 11 is 0. The highest BCUT2D eigenvalue weighted by atomic mass is 28.3. The van der Waals surface area contributed by atoms with Crippen LogP contribution in [0, 0.1) is 61.3 Å². The van der Waals surface area contributed by atoms with E-state index in [1.54, 1.807) is 66.7 Å². The van der Waals surface area contributed by atoms with Crippen LogP contribution in [-0.4, -0.2) is 79.7 Å². The number of anilines is 1. The molecule has 5 N–H and O–H groups in total. The summed E-state index contributed by atoms with van der Waals surface area (Å²) in [6, 6.07) is 50.6. The number of rotatable bonds is 17. The second-order valence-corrected chi connectivity index (χ2v) is 34.0. The Balaban J connectivity index is 0.000000124. The minimum Gasteiger partial charge on any atom is -0.493 e. The Morgan fingerprint density at radius 3 is 1.25 bits per heavy atom. The number of halogens is 4. The van der Waals surface area contributed by atoms with Crippen LogP contribution in [0.25, 0.3) is 43.6 Å². The lowest BCUT2D eigenvalue weighted by molar-refractivity contribution is -0.0174. The number of nitrogens with one attached hydrogen (secondary N) is 1. The summed E-state index contributed by atoms with van der Waals surface area (Å²) in [7, 11) is -1.65. The molecular formula is C88H73F4N9O17Si. The van der Waals surface area contributed by atoms with Gasteiger partial charge in [0.25, 0.3) is 0 Å². The molecule has 31 heteroatoms. The van der Waals surface area contributed by atoms with Gasteiger partial charge in [-0.25, -0.2) is 17.6 Å². The van der Waals surface area contributed by atoms with Gasteiger partial charge in [0, 0.05) is 95.0 Å². The lowest BCUT2D eigenvalue weighted by Gasteiger charge is -2.21. The normalized spacial score (nSPS) is 13.1. The monoisotopic (exact) mass is 1630 g/mol. The largest absolute Gasteiger partial charge is 0.493 e. The second kappa shape index (κ2) is 34.4. The van der Waals surface area contributed by atoms with Crippen molar-refractivity contribution in [1.82, 2.24) is 18.3 Å². The highest BCUT2D eigenvalue weighted by Gasteiger charge is 2.30. The zero-order valence-corrected chi connectivity index (χ0v) is 65.2. The number of carbonyl (C=O) groups excluding carboxylic acids is 1. The van der Waals surface area contributed by atoms with Gasteiger partial charge in [-0.3, -0.25) is 4.79 Å². The second-order valence-electron chi connectivity index (χ2n) is 29.2. The van der Waals surface area contributed by atoms with Gasteiger partial charge in [0.1, 0.15) is 54.3 Å². The van der Waals surface area contributed by atoms with E-state index in [4.69, 9.17) is 37.9 Å². The molecular weight excluding hydrogens is 1560 g/mol. The zero-order valence-electron chi connectivity index (χ0n) is 64.2. The maximum atomic E-state index is 14.2. The Morgan fingerprint density at radius 2 is 0.815 bits per heavy atom. The van der Waals surface area contributed by atoms with E-state index < -0.39 is 31.3 Å². The number of hydrogen-bond donors (Lipinski definition) is 5. The lowest BCUT2D eigenvalue weighted by Crippen LogP contribution is -2.16. The zero-order chi connectivity index (χ0) is 83.3. The van der Waals surface area contributed by atoms with E-state index in [1.165, 1.54) is 72.9 Å². The number of benzene rings is 10. The fraction of sp³-hybridized carbons (Fsp3) is 0.193. The van der Waals surface area contributed by atoms with Gasteiger partial charge in [-0.2, -0.15) is 0 Å². The summed E-state index contributed by atoms with van der Waals surface area (Å²) in [5.74, 6) is 2.11. The number of fused-ring (bicyclic) bond motifs is 8. The highest BCUT2D eigenvalue weighted by Crippen LogP contribution is 2.47. The number of ketones is 1. The first-order valence-electron chi connectivity index (χ1n) is 37.3. The molecule has 0 unspecified atom stereocenters. The maximum Gasteiger partial charge on any atom is 0.222 e. The van der Waals surface area contributed by atoms with Crippen LogP contribution in [0.15, 0.2) is 203 Å². The molecule has 0 fully saturated rings. The van der Waals surface area contributed by atoms with Crippen LogP contribution in [0.2, 0.25) is 19.6 Å². The van der Waals surface area contributed by atoms with E-state index in [0.29, 0.717) is 134 Å². The molecule has 0 aliphatic carbocycles. The van der Waals surface area contributed by atoms with E-state index in [-0.39, 0.29) is 132 Å². The third-order valence-electron chi connectivity index (χ3n) is 20.2. The van der Waals surface area contributed by atoms with Gasteiger partial charge >= 0.3 is 0 Å². The van der Waals surface area contributed by atoms with Gasteiger partial charge in [-0.05, 0) is 142 Å². The van der Waals surface area contributed by atoms with E-state index in [1.807, 2.05) is 67.6 Å². The Bertz CT molecular complexity index is 6410. The first-order valence-corrected chi connectivity index (χ1v) is 40.8. The van der Waals surface area contributed by atoms with Crippen molar-refractivity contribution in [1.29, 1.82) is 0 Å². The van der Waals surface area contributed by atoms with E-state index in [9.17, 15) is 62.4 Å². The number of nitrogens with zero attached hydrogens (tertiary/aromatic N) is 8. The topological polar surface area (TPSA) is 321 Å². The molecule has 0 saturated carbocycles. The van der Waals surface area contributed by atoms with Gasteiger partial charge in [0.15, 0.2) is 55.7 Å². The Labute approximate surface area is 675 Å². The Hall–Kier alpha value is -14.0. The molecule has 4 aliphatic rings. The Morgan fingerprint density at radius 1 is 0.429 bits per heavy atom. The molecule has 8 heterocycles. The van der Waals surface area contributed by atoms with Gasteiger partial charge in [-0.15, -0.1) is 25.2 Å². The van der Waals surface area contributed by atoms with Crippen LogP contribution in [0.3, 0.4) is 0 Å². The summed E-state index contributed by atoms with van der Waals surface area (Å²) < 4.78 is 106. The number of aryl methyl sites for hydroxylation is 1. The van der Waals surface area contributed by atoms with Crippen LogP contribution in [0.4, 0.5) is 46.0 Å². The molecule has 119 heavy (non-hydrogen) atoms. The van der Waals surface area contributed by atoms with Crippen molar-refractivity contribution in [3.63, 3.8) is 0 Å². The molecule has 26 nitrogen and oxygen atoms in total. The number of aromatic nitrogens is 4. The summed E-state index contributed by atoms with van der Waals surface area (Å²) in [5, 5.41) is 60.0. The molecule has 0 spiro atoms. The molecule has 4 aliphatic heterocycles. The number of hydrogen-bond acceptors (Lipinski definition) is 22. The number of aromatic hydroxyl groups is 4. The molecule has 18 rings (SSSR count). The van der Waals surface area contributed by atoms with Gasteiger partial charge in [-0.1, -0.05) is 104 Å². The summed E-state index contributed by atoms with van der Waals surface area (Å²) in [6.45, 7) is 10.4. The molecule has 0 amide bonds. The summed E-state index contributed by atoms with van der Waals surface area (Å²) in [5.41, 5.74) is 14.0. The van der Waals surface area contributed by atoms with E-state index in [0.717, 1.165) is 16.8 Å². The predicted molar refractivity (Wildman–Crippen MR) is 438 cm³/mol. The lowest BCUT2D eigenvalue weighted by atomic mass is 10.0. The van der Waals surface area contributed by atoms with Crippen LogP contribution < -0.4 is 24.3 Å². The molecule has 0 atom stereocenters. The predicted octanol–water partition coefficient (Wildman–Crippen LogP) is 19.6. The third-order valence-corrected chi connectivity index (χ3v) is 21.1. The molecule has 14 aromatic rings. The summed E-state index contributed by atoms with van der Waals surface area (Å²) in [6.07, 6.45) is 0. The average Bonchev–Trinajstić information content (AvgIpc) is 1.63. The number of carbonyl (C=O) groups is 1. The van der Waals surface area contributed by atoms with Crippen molar-refractivity contribution in [3.8, 4) is 58.0 Å². The number of nitroso groups, excluding NO2 is 4. The molecule has 0 saturated heterocycles. The van der Waals surface area contributed by atoms with E-state index in [2.05, 4.69) is 57.1 Å². The van der Waals surface area contributed by atoms with Crippen LogP contribution in [0.1, 0.15) is 77.1 Å². The highest BCUT2D eigenvalue weighted by molar-refractivity contribution is 6.84. The standard InChI is InChI=1S/C24H20FN3O4.C24H17FN2O5.C22H21FN2O4Si.C18H15FN2O4/c25-18-8-16(23-17(9-18)13-31-14-32-23)12-28-21-7-6-19(10-20(21)22(27-30)24(28)29)26-11-15-4-2-1-3-5-15;25-18-8-16(23-17(9-18)12-31-13-32-23)11-27-20-7-6-15(10-19(20)21(26-30)24(27)29)22(28)14-4-2-1-3-5-14;1-30(2,3)8-7-14-5-4-6-18-19(14)20(24-27)22(26)25(18)11-15-9-17(23)10-16-12-28-13-29-21(15)16;1-10-3-2-4-14-15(10)16(20-23)18(22)21(14)7-11-5-13(19)6-12-8-24-9-25-17(11)12/h1-10,26,29H,11-14H2;1-10,29H,11-13H2;4-6,9-10,26H,11-13H2,1-3H3;2-6,22H,7-9H2,1H3. The quantitative estimate of drug-likeness (QED) is 0.0186. The van der Waals surface area contributed by atoms with E-state index >= 15 is 0 Å². The molecule has 604 valence electrons. The maximum absolute atomic E-state index is 14.2. The van der Waals surface area contributed by atoms with Gasteiger partial charge in [0.2, 0.25) is 23.5 Å². The van der Waals surface area contributed by atoms with Crippen molar-refractivity contribution in [2.75, 3.05) is 32.5 Å². The molecule has 0 radical (unpaired) electrons. The first kappa shape index (κ1) is 80.2. The van der Waals surface area contributed by atoms with Crippen LogP contribution in [0.5, 0.6) is 46.5 Å². The van der Waals surface area contributed by atoms with Crippen molar-refractivity contribution in [2.45, 2.75) is 85.7 Å². The number of ether oxygens (including phenoxy) is 8. The fourth-order valence-corrected chi connectivity index (χ4v) is 15.4. The average molecular weight is 1630 g/mol. The molecule has 0 bridgehead atoms. The smallest absolute Gasteiger partial charge is 0.222 e. The van der Waals surface area contributed by atoms with Gasteiger partial charge in [0.05, 0.1) is 74.7 Å². The minimum atomic E-state index is -1.65. The van der Waals surface area contributed by atoms with Crippen molar-refractivity contribution < 1.29 is 80.7 Å². The SMILES string of the molecule is C[Si](C)(C)C#Cc1cccc2c1c(N=O)c(O)n2Cc1cc(F)cc2c1OCOC2.Cc1cccc2c1c(N=O)c(O)n2Cc1cc(F)cc2c1OCOC2.O=Nc1c(O)n(Cc2cc(F)cc3c2OCOC3)c2ccc(C(=O)c3ccccc3)cc12.O=Nc1c(O)n(Cc2cc(F)cc3c2OCOC3)c2ccc(NCc3ccccc3)cc12. The molecule has 10 aromatic carbocycles. The van der Waals surface area contributed by atoms with Gasteiger partial charge < -0.3 is 81.9 Å².